The van der Waals surface area contributed by atoms with Gasteiger partial charge in [0.1, 0.15) is 16.9 Å². The number of amides is 1. The number of benzene rings is 1. The van der Waals surface area contributed by atoms with Crippen molar-refractivity contribution in [2.75, 3.05) is 36.4 Å². The molecule has 0 aliphatic carbocycles. The molecule has 0 bridgehead atoms. The van der Waals surface area contributed by atoms with E-state index in [-0.39, 0.29) is 5.91 Å². The molecule has 1 aromatic carbocycles. The predicted octanol–water partition coefficient (Wildman–Crippen LogP) is 2.69. The normalized spacial score (nSPS) is 14.3. The third-order valence-corrected chi connectivity index (χ3v) is 5.82. The van der Waals surface area contributed by atoms with Crippen molar-refractivity contribution in [3.8, 4) is 6.07 Å². The molecule has 3 aromatic rings. The third kappa shape index (κ3) is 4.62. The van der Waals surface area contributed by atoms with E-state index < -0.39 is 0 Å². The molecular weight excluding hydrogens is 398 g/mol. The Labute approximate surface area is 178 Å². The number of rotatable bonds is 5. The summed E-state index contributed by atoms with van der Waals surface area (Å²) in [7, 11) is 0. The number of pyridine rings is 1. The van der Waals surface area contributed by atoms with Crippen LogP contribution in [0, 0.1) is 18.3 Å². The Morgan fingerprint density at radius 3 is 2.67 bits per heavy atom. The highest BCUT2D eigenvalue weighted by atomic mass is 32.1. The summed E-state index contributed by atoms with van der Waals surface area (Å²) in [6, 6.07) is 13.4. The molecule has 0 spiro atoms. The van der Waals surface area contributed by atoms with Gasteiger partial charge in [0, 0.05) is 38.1 Å². The first-order valence-electron chi connectivity index (χ1n) is 9.65. The van der Waals surface area contributed by atoms with Crippen molar-refractivity contribution in [1.29, 1.82) is 5.26 Å². The van der Waals surface area contributed by atoms with Gasteiger partial charge in [-0.05, 0) is 31.2 Å². The van der Waals surface area contributed by atoms with Crippen molar-refractivity contribution in [1.82, 2.24) is 20.1 Å². The molecule has 9 heteroatoms. The molecule has 4 rings (SSSR count). The van der Waals surface area contributed by atoms with Crippen molar-refractivity contribution >= 4 is 28.7 Å². The topological polar surface area (TPSA) is 98.0 Å². The van der Waals surface area contributed by atoms with E-state index in [9.17, 15) is 10.1 Å². The van der Waals surface area contributed by atoms with Gasteiger partial charge in [-0.3, -0.25) is 9.69 Å². The number of anilines is 2. The second-order valence-corrected chi connectivity index (χ2v) is 8.13. The Hall–Kier alpha value is -3.35. The lowest BCUT2D eigenvalue weighted by Crippen LogP contribution is -2.46. The quantitative estimate of drug-likeness (QED) is 0.679. The Kier molecular flexibility index (Phi) is 5.97. The molecule has 0 saturated carbocycles. The molecule has 0 radical (unpaired) electrons. The van der Waals surface area contributed by atoms with Crippen LogP contribution < -0.4 is 10.2 Å². The van der Waals surface area contributed by atoms with Crippen LogP contribution in [0.4, 0.5) is 11.5 Å². The smallest absolute Gasteiger partial charge is 0.286 e. The highest BCUT2D eigenvalue weighted by molar-refractivity contribution is 7.13. The van der Waals surface area contributed by atoms with Crippen molar-refractivity contribution in [2.24, 2.45) is 0 Å². The molecule has 0 atom stereocenters. The monoisotopic (exact) mass is 419 g/mol. The SMILES string of the molecule is Cc1ccc(NC(=O)c2nnc(CN3CCN(c4ncccc4C#N)CC3)s2)cc1. The number of nitrogens with one attached hydrogen (secondary N) is 1. The van der Waals surface area contributed by atoms with Crippen molar-refractivity contribution in [2.45, 2.75) is 13.5 Å². The fraction of sp³-hybridized carbons (Fsp3) is 0.286. The van der Waals surface area contributed by atoms with Gasteiger partial charge in [0.05, 0.1) is 12.1 Å². The molecule has 1 N–H and O–H groups in total. The number of nitriles is 1. The van der Waals surface area contributed by atoms with E-state index >= 15 is 0 Å². The minimum absolute atomic E-state index is 0.244. The Balaban J connectivity index is 1.32. The zero-order chi connectivity index (χ0) is 20.9. The highest BCUT2D eigenvalue weighted by Gasteiger charge is 2.22. The van der Waals surface area contributed by atoms with Gasteiger partial charge < -0.3 is 10.2 Å². The van der Waals surface area contributed by atoms with Crippen LogP contribution >= 0.6 is 11.3 Å². The van der Waals surface area contributed by atoms with E-state index in [0.717, 1.165) is 48.3 Å². The van der Waals surface area contributed by atoms with Gasteiger partial charge in [-0.15, -0.1) is 10.2 Å². The molecular formula is C21H21N7OS. The Morgan fingerprint density at radius 2 is 1.93 bits per heavy atom. The molecule has 1 amide bonds. The van der Waals surface area contributed by atoms with E-state index in [2.05, 4.69) is 36.4 Å². The largest absolute Gasteiger partial charge is 0.353 e. The van der Waals surface area contributed by atoms with Crippen molar-refractivity contribution in [3.63, 3.8) is 0 Å². The molecule has 8 nitrogen and oxygen atoms in total. The van der Waals surface area contributed by atoms with Gasteiger partial charge in [-0.2, -0.15) is 5.26 Å². The van der Waals surface area contributed by atoms with Crippen LogP contribution in [0.3, 0.4) is 0 Å². The van der Waals surface area contributed by atoms with Gasteiger partial charge in [0.25, 0.3) is 5.91 Å². The highest BCUT2D eigenvalue weighted by Crippen LogP contribution is 2.20. The Morgan fingerprint density at radius 1 is 1.17 bits per heavy atom. The van der Waals surface area contributed by atoms with E-state index in [0.29, 0.717) is 17.1 Å². The first-order valence-corrected chi connectivity index (χ1v) is 10.5. The summed E-state index contributed by atoms with van der Waals surface area (Å²) in [6.45, 7) is 5.87. The van der Waals surface area contributed by atoms with E-state index in [1.54, 1.807) is 18.3 Å². The molecule has 3 heterocycles. The number of piperazine rings is 1. The number of aryl methyl sites for hydroxylation is 1. The molecule has 1 fully saturated rings. The van der Waals surface area contributed by atoms with Crippen molar-refractivity contribution in [3.05, 3.63) is 63.7 Å². The average molecular weight is 420 g/mol. The van der Waals surface area contributed by atoms with Crippen LogP contribution in [0.25, 0.3) is 0 Å². The van der Waals surface area contributed by atoms with Gasteiger partial charge in [-0.1, -0.05) is 29.0 Å². The van der Waals surface area contributed by atoms with E-state index in [4.69, 9.17) is 0 Å². The fourth-order valence-corrected chi connectivity index (χ4v) is 4.05. The molecule has 1 aliphatic rings. The fourth-order valence-electron chi connectivity index (χ4n) is 3.28. The number of aromatic nitrogens is 3. The Bertz CT molecular complexity index is 1070. The second-order valence-electron chi connectivity index (χ2n) is 7.07. The van der Waals surface area contributed by atoms with Crippen LogP contribution in [-0.2, 0) is 6.54 Å². The number of hydrogen-bond acceptors (Lipinski definition) is 8. The predicted molar refractivity (Wildman–Crippen MR) is 115 cm³/mol. The molecule has 152 valence electrons. The van der Waals surface area contributed by atoms with Crippen LogP contribution in [-0.4, -0.2) is 52.2 Å². The summed E-state index contributed by atoms with van der Waals surface area (Å²) in [5, 5.41) is 21.5. The maximum atomic E-state index is 12.4. The minimum Gasteiger partial charge on any atom is -0.353 e. The molecule has 1 saturated heterocycles. The average Bonchev–Trinajstić information content (AvgIpc) is 3.24. The number of carbonyl (C=O) groups is 1. The molecule has 1 aliphatic heterocycles. The van der Waals surface area contributed by atoms with Crippen LogP contribution in [0.1, 0.15) is 25.9 Å². The summed E-state index contributed by atoms with van der Waals surface area (Å²) >= 11 is 1.32. The van der Waals surface area contributed by atoms with Gasteiger partial charge in [-0.25, -0.2) is 4.98 Å². The summed E-state index contributed by atoms with van der Waals surface area (Å²) < 4.78 is 0. The van der Waals surface area contributed by atoms with E-state index in [1.807, 2.05) is 31.2 Å². The molecule has 30 heavy (non-hydrogen) atoms. The summed E-state index contributed by atoms with van der Waals surface area (Å²) in [5.74, 6) is 0.497. The van der Waals surface area contributed by atoms with Crippen LogP contribution in [0.5, 0.6) is 0 Å². The molecule has 0 unspecified atom stereocenters. The molecule has 2 aromatic heterocycles. The maximum Gasteiger partial charge on any atom is 0.286 e. The zero-order valence-electron chi connectivity index (χ0n) is 16.6. The summed E-state index contributed by atoms with van der Waals surface area (Å²) in [5.41, 5.74) is 2.47. The number of carbonyl (C=O) groups excluding carboxylic acids is 1. The third-order valence-electron chi connectivity index (χ3n) is 4.91. The first-order chi connectivity index (χ1) is 14.6. The van der Waals surface area contributed by atoms with Crippen molar-refractivity contribution < 1.29 is 4.79 Å². The maximum absolute atomic E-state index is 12.4. The summed E-state index contributed by atoms with van der Waals surface area (Å²) in [4.78, 5) is 21.2. The number of hydrogen-bond donors (Lipinski definition) is 1. The zero-order valence-corrected chi connectivity index (χ0v) is 17.4. The number of nitrogens with zero attached hydrogens (tertiary/aromatic N) is 6. The lowest BCUT2D eigenvalue weighted by molar-refractivity contribution is 0.102. The second kappa shape index (κ2) is 8.98. The minimum atomic E-state index is -0.244. The van der Waals surface area contributed by atoms with Gasteiger partial charge >= 0.3 is 0 Å². The van der Waals surface area contributed by atoms with E-state index in [1.165, 1.54) is 11.3 Å². The lowest BCUT2D eigenvalue weighted by atomic mass is 10.2. The standard InChI is InChI=1S/C21H21N7OS/c1-15-4-6-17(7-5-15)24-20(29)21-26-25-18(30-21)14-27-9-11-28(12-10-27)19-16(13-22)3-2-8-23-19/h2-8H,9-12,14H2,1H3,(H,24,29). The van der Waals surface area contributed by atoms with Gasteiger partial charge in [0.2, 0.25) is 5.01 Å². The summed E-state index contributed by atoms with van der Waals surface area (Å²) in [6.07, 6.45) is 1.72. The first kappa shape index (κ1) is 19.9. The van der Waals surface area contributed by atoms with Crippen LogP contribution in [0.15, 0.2) is 42.6 Å². The lowest BCUT2D eigenvalue weighted by Gasteiger charge is -2.35. The van der Waals surface area contributed by atoms with Crippen LogP contribution in [0.2, 0.25) is 0 Å². The van der Waals surface area contributed by atoms with Gasteiger partial charge in [0.15, 0.2) is 0 Å².